The van der Waals surface area contributed by atoms with Crippen molar-refractivity contribution in [2.24, 2.45) is 0 Å². The van der Waals surface area contributed by atoms with Gasteiger partial charge in [-0.3, -0.25) is 0 Å². The molecule has 0 N–H and O–H groups in total. The third-order valence-corrected chi connectivity index (χ3v) is 15.5. The largest absolute Gasteiger partial charge is 0.320 e. The van der Waals surface area contributed by atoms with Crippen LogP contribution in [0.3, 0.4) is 0 Å². The zero-order valence-electron chi connectivity index (χ0n) is 18.8. The lowest BCUT2D eigenvalue weighted by molar-refractivity contribution is 0.573. The lowest BCUT2D eigenvalue weighted by Gasteiger charge is -2.31. The Labute approximate surface area is 195 Å². The molecule has 0 radical (unpaired) electrons. The van der Waals surface area contributed by atoms with Crippen LogP contribution in [0.5, 0.6) is 0 Å². The van der Waals surface area contributed by atoms with E-state index in [0.717, 1.165) is 43.9 Å². The van der Waals surface area contributed by atoms with Gasteiger partial charge in [0.05, 0.1) is 0 Å². The Kier molecular flexibility index (Phi) is 10.5. The van der Waals surface area contributed by atoms with Crippen molar-refractivity contribution in [3.63, 3.8) is 0 Å². The first-order valence-electron chi connectivity index (χ1n) is 11.3. The first kappa shape index (κ1) is 25.9. The summed E-state index contributed by atoms with van der Waals surface area (Å²) in [6, 6.07) is 32.7. The zero-order valence-corrected chi connectivity index (χ0v) is 21.4. The lowest BCUT2D eigenvalue weighted by Crippen LogP contribution is -2.33. The summed E-state index contributed by atoms with van der Waals surface area (Å²) in [5.74, 6) is 0.804. The summed E-state index contributed by atoms with van der Waals surface area (Å²) in [5.41, 5.74) is 0. The minimum Gasteiger partial charge on any atom is -0.320 e. The summed E-state index contributed by atoms with van der Waals surface area (Å²) in [6.07, 6.45) is 6.06. The van der Waals surface area contributed by atoms with Crippen molar-refractivity contribution in [1.82, 2.24) is 0 Å². The van der Waals surface area contributed by atoms with Crippen LogP contribution < -0.4 is 15.9 Å². The fraction of sp³-hybridized carbons (Fsp3) is 0.333. The molecule has 0 aliphatic heterocycles. The first-order chi connectivity index (χ1) is 14.6. The van der Waals surface area contributed by atoms with E-state index in [4.69, 9.17) is 0 Å². The Bertz CT molecular complexity index is 821. The molecule has 3 rings (SSSR count). The molecule has 0 saturated heterocycles. The van der Waals surface area contributed by atoms with Gasteiger partial charge in [-0.1, -0.05) is 81.3 Å². The summed E-state index contributed by atoms with van der Waals surface area (Å²) in [6.45, 7) is 4.41. The maximum absolute atomic E-state index is 14.5. The number of rotatable bonds is 11. The SMILES string of the molecule is CCCCP(=O)(CCCC)C[P+](c1ccccc1)(c1ccccc1)c1ccccc1.Cl. The quantitative estimate of drug-likeness (QED) is 0.266. The van der Waals surface area contributed by atoms with Crippen LogP contribution in [0.25, 0.3) is 0 Å². The van der Waals surface area contributed by atoms with Gasteiger partial charge in [-0.05, 0) is 49.2 Å². The summed E-state index contributed by atoms with van der Waals surface area (Å²) in [4.78, 5) is 0. The summed E-state index contributed by atoms with van der Waals surface area (Å²) in [7, 11) is -4.34. The lowest BCUT2D eigenvalue weighted by atomic mass is 10.4. The van der Waals surface area contributed by atoms with E-state index in [-0.39, 0.29) is 12.4 Å². The first-order valence-corrected chi connectivity index (χ1v) is 15.5. The molecule has 0 aromatic heterocycles. The van der Waals surface area contributed by atoms with Crippen molar-refractivity contribution < 1.29 is 4.57 Å². The van der Waals surface area contributed by atoms with Crippen molar-refractivity contribution in [3.05, 3.63) is 91.0 Å². The summed E-state index contributed by atoms with van der Waals surface area (Å²) >= 11 is 0. The number of halogens is 1. The molecule has 31 heavy (non-hydrogen) atoms. The molecule has 0 amide bonds. The highest BCUT2D eigenvalue weighted by atomic mass is 35.5. The van der Waals surface area contributed by atoms with Gasteiger partial charge < -0.3 is 4.57 Å². The molecular formula is C27H36ClOP2+. The van der Waals surface area contributed by atoms with Gasteiger partial charge in [0.15, 0.2) is 0 Å². The highest BCUT2D eigenvalue weighted by molar-refractivity contribution is 8.01. The van der Waals surface area contributed by atoms with E-state index in [1.54, 1.807) is 0 Å². The van der Waals surface area contributed by atoms with Crippen molar-refractivity contribution in [1.29, 1.82) is 0 Å². The second-order valence-corrected chi connectivity index (χ2v) is 15.5. The molecule has 0 fully saturated rings. The molecule has 0 spiro atoms. The predicted molar refractivity (Wildman–Crippen MR) is 144 cm³/mol. The van der Waals surface area contributed by atoms with Gasteiger partial charge in [-0.2, -0.15) is 0 Å². The van der Waals surface area contributed by atoms with Crippen LogP contribution in [-0.2, 0) is 4.57 Å². The third kappa shape index (κ3) is 6.32. The molecule has 1 nitrogen and oxygen atoms in total. The van der Waals surface area contributed by atoms with E-state index in [0.29, 0.717) is 0 Å². The predicted octanol–water partition coefficient (Wildman–Crippen LogP) is 7.32. The molecule has 0 aliphatic carbocycles. The number of hydrogen-bond acceptors (Lipinski definition) is 1. The number of unbranched alkanes of at least 4 members (excludes halogenated alkanes) is 2. The maximum atomic E-state index is 14.5. The second kappa shape index (κ2) is 12.6. The summed E-state index contributed by atoms with van der Waals surface area (Å²) in [5, 5.41) is 4.03. The molecule has 0 atom stereocenters. The van der Waals surface area contributed by atoms with Gasteiger partial charge in [0.25, 0.3) is 0 Å². The second-order valence-electron chi connectivity index (χ2n) is 8.17. The van der Waals surface area contributed by atoms with Gasteiger partial charge in [0.2, 0.25) is 0 Å². The highest BCUT2D eigenvalue weighted by Crippen LogP contribution is 2.67. The maximum Gasteiger partial charge on any atom is 0.126 e. The molecule has 0 bridgehead atoms. The highest BCUT2D eigenvalue weighted by Gasteiger charge is 2.49. The van der Waals surface area contributed by atoms with E-state index in [1.165, 1.54) is 15.9 Å². The average Bonchev–Trinajstić information content (AvgIpc) is 2.82. The normalized spacial score (nSPS) is 11.7. The van der Waals surface area contributed by atoms with E-state index in [1.807, 2.05) is 0 Å². The molecule has 0 unspecified atom stereocenters. The van der Waals surface area contributed by atoms with Gasteiger partial charge in [-0.15, -0.1) is 12.4 Å². The minimum atomic E-state index is -2.32. The molecule has 4 heteroatoms. The smallest absolute Gasteiger partial charge is 0.126 e. The fourth-order valence-corrected chi connectivity index (χ4v) is 15.4. The molecule has 3 aromatic carbocycles. The molecular weight excluding hydrogens is 438 g/mol. The van der Waals surface area contributed by atoms with Gasteiger partial charge >= 0.3 is 0 Å². The van der Waals surface area contributed by atoms with Gasteiger partial charge in [-0.25, -0.2) is 0 Å². The Hall–Kier alpha value is -1.39. The summed E-state index contributed by atoms with van der Waals surface area (Å²) < 4.78 is 14.5. The van der Waals surface area contributed by atoms with E-state index >= 15 is 0 Å². The van der Waals surface area contributed by atoms with Crippen LogP contribution >= 0.6 is 26.8 Å². The van der Waals surface area contributed by atoms with Crippen molar-refractivity contribution >= 4 is 42.7 Å². The molecule has 166 valence electrons. The van der Waals surface area contributed by atoms with Crippen molar-refractivity contribution in [3.8, 4) is 0 Å². The van der Waals surface area contributed by atoms with Gasteiger partial charge in [0.1, 0.15) is 36.2 Å². The Balaban J connectivity index is 0.00000341. The standard InChI is InChI=1S/C27H35OP2.ClH/c1-3-5-22-29(28,23-6-4-2)24-30(25-16-10-7-11-17-25,26-18-12-8-13-19-26)27-20-14-9-15-21-27;/h7-21H,3-6,22-24H2,1-2H3;1H/q+1;. The minimum absolute atomic E-state index is 0. The van der Waals surface area contributed by atoms with E-state index < -0.39 is 14.4 Å². The number of benzene rings is 3. The number of hydrogen-bond donors (Lipinski definition) is 0. The van der Waals surface area contributed by atoms with Gasteiger partial charge in [0, 0.05) is 12.3 Å². The molecule has 0 aliphatic rings. The van der Waals surface area contributed by atoms with Crippen LogP contribution in [0.2, 0.25) is 0 Å². The van der Waals surface area contributed by atoms with Crippen LogP contribution in [0.1, 0.15) is 39.5 Å². The van der Waals surface area contributed by atoms with Crippen LogP contribution in [-0.4, -0.2) is 18.2 Å². The van der Waals surface area contributed by atoms with Crippen LogP contribution in [0.15, 0.2) is 91.0 Å². The molecule has 3 aromatic rings. The van der Waals surface area contributed by atoms with Crippen molar-refractivity contribution in [2.45, 2.75) is 39.5 Å². The zero-order chi connectivity index (χ0) is 21.3. The fourth-order valence-electron chi connectivity index (χ4n) is 4.27. The topological polar surface area (TPSA) is 17.1 Å². The Morgan fingerprint density at radius 3 is 1.23 bits per heavy atom. The van der Waals surface area contributed by atoms with Crippen LogP contribution in [0, 0.1) is 0 Å². The van der Waals surface area contributed by atoms with E-state index in [2.05, 4.69) is 105 Å². The van der Waals surface area contributed by atoms with Crippen LogP contribution in [0.4, 0.5) is 0 Å². The Morgan fingerprint density at radius 1 is 0.613 bits per heavy atom. The van der Waals surface area contributed by atoms with E-state index in [9.17, 15) is 4.57 Å². The Morgan fingerprint density at radius 2 is 0.935 bits per heavy atom. The molecule has 0 saturated carbocycles. The average molecular weight is 474 g/mol. The van der Waals surface area contributed by atoms with Crippen molar-refractivity contribution in [2.75, 3.05) is 18.2 Å². The molecule has 0 heterocycles. The monoisotopic (exact) mass is 473 g/mol. The third-order valence-electron chi connectivity index (χ3n) is 5.90.